The molecule has 2 aliphatic heterocycles. The molecule has 1 saturated heterocycles. The van der Waals surface area contributed by atoms with Gasteiger partial charge in [-0.15, -0.1) is 0 Å². The molecule has 1 aromatic rings. The van der Waals surface area contributed by atoms with E-state index in [1.54, 1.807) is 0 Å². The Labute approximate surface area is 123 Å². The van der Waals surface area contributed by atoms with Gasteiger partial charge in [0.1, 0.15) is 5.70 Å². The normalized spacial score (nSPS) is 19.8. The molecule has 3 rings (SSSR count). The largest absolute Gasteiger partial charge is 0.381 e. The molecule has 0 radical (unpaired) electrons. The molecule has 1 N–H and O–H groups in total. The first-order valence-electron chi connectivity index (χ1n) is 7.21. The van der Waals surface area contributed by atoms with Crippen LogP contribution in [0.15, 0.2) is 42.1 Å². The molecule has 0 atom stereocenters. The first-order valence-corrected chi connectivity index (χ1v) is 7.21. The van der Waals surface area contributed by atoms with E-state index in [0.29, 0.717) is 31.4 Å². The Bertz CT molecular complexity index is 562. The van der Waals surface area contributed by atoms with Gasteiger partial charge in [-0.2, -0.15) is 0 Å². The first kappa shape index (κ1) is 13.8. The van der Waals surface area contributed by atoms with Gasteiger partial charge in [0.15, 0.2) is 0 Å². The quantitative estimate of drug-likeness (QED) is 0.857. The number of nitrogens with zero attached hydrogens (tertiary/aromatic N) is 1. The van der Waals surface area contributed by atoms with E-state index in [1.165, 1.54) is 11.0 Å². The summed E-state index contributed by atoms with van der Waals surface area (Å²) < 4.78 is 5.30. The number of carbonyl (C=O) groups is 2. The van der Waals surface area contributed by atoms with Gasteiger partial charge < -0.3 is 10.1 Å². The van der Waals surface area contributed by atoms with Crippen LogP contribution in [0, 0.1) is 5.92 Å². The average Bonchev–Trinajstić information content (AvgIpc) is 2.77. The molecule has 0 unspecified atom stereocenters. The summed E-state index contributed by atoms with van der Waals surface area (Å²) in [4.78, 5) is 25.7. The highest BCUT2D eigenvalue weighted by Crippen LogP contribution is 2.21. The topological polar surface area (TPSA) is 58.6 Å². The van der Waals surface area contributed by atoms with Gasteiger partial charge in [-0.25, -0.2) is 0 Å². The highest BCUT2D eigenvalue weighted by molar-refractivity contribution is 6.17. The van der Waals surface area contributed by atoms with Crippen molar-refractivity contribution in [1.29, 1.82) is 0 Å². The number of ether oxygens (including phenoxy) is 1. The van der Waals surface area contributed by atoms with E-state index < -0.39 is 0 Å². The molecule has 1 fully saturated rings. The van der Waals surface area contributed by atoms with Crippen molar-refractivity contribution in [3.8, 4) is 0 Å². The number of carbonyl (C=O) groups excluding carboxylic acids is 2. The van der Waals surface area contributed by atoms with Crippen LogP contribution in [-0.2, 0) is 14.3 Å². The Hall–Kier alpha value is -2.14. The molecule has 21 heavy (non-hydrogen) atoms. The van der Waals surface area contributed by atoms with Gasteiger partial charge in [0.05, 0.1) is 0 Å². The maximum atomic E-state index is 12.3. The number of rotatable bonds is 4. The zero-order valence-corrected chi connectivity index (χ0v) is 11.7. The van der Waals surface area contributed by atoms with Crippen LogP contribution in [-0.4, -0.2) is 36.5 Å². The zero-order valence-electron chi connectivity index (χ0n) is 11.7. The third-order valence-electron chi connectivity index (χ3n) is 3.84. The summed E-state index contributed by atoms with van der Waals surface area (Å²) in [6, 6.07) is 9.38. The Balaban J connectivity index is 1.64. The molecule has 2 amide bonds. The molecule has 0 saturated carbocycles. The lowest BCUT2D eigenvalue weighted by Gasteiger charge is -2.26. The van der Waals surface area contributed by atoms with Crippen LogP contribution in [0.3, 0.4) is 0 Å². The van der Waals surface area contributed by atoms with E-state index in [0.717, 1.165) is 18.5 Å². The van der Waals surface area contributed by atoms with Gasteiger partial charge in [-0.3, -0.25) is 14.5 Å². The SMILES string of the molecule is O=C1C=C(Nc2ccccc2)C(=O)N1CC1CCOCC1. The third-order valence-corrected chi connectivity index (χ3v) is 3.84. The van der Waals surface area contributed by atoms with Crippen molar-refractivity contribution in [3.63, 3.8) is 0 Å². The molecule has 0 aromatic heterocycles. The van der Waals surface area contributed by atoms with Crippen LogP contribution in [0.4, 0.5) is 5.69 Å². The molecular weight excluding hydrogens is 268 g/mol. The summed E-state index contributed by atoms with van der Waals surface area (Å²) in [5, 5.41) is 3.01. The van der Waals surface area contributed by atoms with E-state index in [-0.39, 0.29) is 11.8 Å². The van der Waals surface area contributed by atoms with Crippen molar-refractivity contribution in [2.75, 3.05) is 25.1 Å². The minimum atomic E-state index is -0.240. The molecule has 0 spiro atoms. The maximum Gasteiger partial charge on any atom is 0.277 e. The summed E-state index contributed by atoms with van der Waals surface area (Å²) in [6.45, 7) is 1.91. The smallest absolute Gasteiger partial charge is 0.277 e. The van der Waals surface area contributed by atoms with Crippen molar-refractivity contribution in [3.05, 3.63) is 42.1 Å². The fourth-order valence-electron chi connectivity index (χ4n) is 2.64. The van der Waals surface area contributed by atoms with Crippen molar-refractivity contribution in [1.82, 2.24) is 4.90 Å². The van der Waals surface area contributed by atoms with Gasteiger partial charge in [-0.1, -0.05) is 18.2 Å². The summed E-state index contributed by atoms with van der Waals surface area (Å²) in [7, 11) is 0. The molecular formula is C16H18N2O3. The number of hydrogen-bond donors (Lipinski definition) is 1. The number of benzene rings is 1. The number of anilines is 1. The molecule has 2 heterocycles. The molecule has 5 nitrogen and oxygen atoms in total. The lowest BCUT2D eigenvalue weighted by Crippen LogP contribution is -2.38. The van der Waals surface area contributed by atoms with Crippen LogP contribution in [0.1, 0.15) is 12.8 Å². The van der Waals surface area contributed by atoms with Crippen LogP contribution in [0.2, 0.25) is 0 Å². The Morgan fingerprint density at radius 2 is 1.86 bits per heavy atom. The van der Waals surface area contributed by atoms with Crippen LogP contribution in [0.5, 0.6) is 0 Å². The number of amides is 2. The molecule has 1 aromatic carbocycles. The van der Waals surface area contributed by atoms with E-state index in [9.17, 15) is 9.59 Å². The lowest BCUT2D eigenvalue weighted by atomic mass is 10.00. The number of nitrogens with one attached hydrogen (secondary N) is 1. The van der Waals surface area contributed by atoms with E-state index >= 15 is 0 Å². The zero-order chi connectivity index (χ0) is 14.7. The monoisotopic (exact) mass is 286 g/mol. The number of para-hydroxylation sites is 1. The molecule has 5 heteroatoms. The van der Waals surface area contributed by atoms with Crippen molar-refractivity contribution < 1.29 is 14.3 Å². The van der Waals surface area contributed by atoms with Gasteiger partial charge in [0.2, 0.25) is 0 Å². The molecule has 110 valence electrons. The summed E-state index contributed by atoms with van der Waals surface area (Å²) in [5.41, 5.74) is 1.15. The molecule has 0 bridgehead atoms. The predicted octanol–water partition coefficient (Wildman–Crippen LogP) is 1.78. The lowest BCUT2D eigenvalue weighted by molar-refractivity contribution is -0.138. The van der Waals surface area contributed by atoms with Crippen LogP contribution in [0.25, 0.3) is 0 Å². The number of imide groups is 1. The second-order valence-electron chi connectivity index (χ2n) is 5.36. The minimum Gasteiger partial charge on any atom is -0.381 e. The second kappa shape index (κ2) is 6.10. The van der Waals surface area contributed by atoms with E-state index in [1.807, 2.05) is 30.3 Å². The summed E-state index contributed by atoms with van der Waals surface area (Å²) in [6.07, 6.45) is 3.19. The Morgan fingerprint density at radius 1 is 1.14 bits per heavy atom. The van der Waals surface area contributed by atoms with Crippen molar-refractivity contribution >= 4 is 17.5 Å². The van der Waals surface area contributed by atoms with Crippen molar-refractivity contribution in [2.45, 2.75) is 12.8 Å². The fourth-order valence-corrected chi connectivity index (χ4v) is 2.64. The van der Waals surface area contributed by atoms with Gasteiger partial charge in [0.25, 0.3) is 11.8 Å². The summed E-state index contributed by atoms with van der Waals surface area (Å²) >= 11 is 0. The summed E-state index contributed by atoms with van der Waals surface area (Å²) in [5.74, 6) is -0.128. The van der Waals surface area contributed by atoms with E-state index in [4.69, 9.17) is 4.74 Å². The first-order chi connectivity index (χ1) is 10.2. The van der Waals surface area contributed by atoms with Gasteiger partial charge >= 0.3 is 0 Å². The standard InChI is InChI=1S/C16H18N2O3/c19-15-10-14(17-13-4-2-1-3-5-13)16(20)18(15)11-12-6-8-21-9-7-12/h1-5,10,12,17H,6-9,11H2. The van der Waals surface area contributed by atoms with Crippen LogP contribution >= 0.6 is 0 Å². The Kier molecular flexibility index (Phi) is 4.01. The van der Waals surface area contributed by atoms with Crippen molar-refractivity contribution in [2.24, 2.45) is 5.92 Å². The van der Waals surface area contributed by atoms with E-state index in [2.05, 4.69) is 5.32 Å². The third kappa shape index (κ3) is 3.13. The average molecular weight is 286 g/mol. The van der Waals surface area contributed by atoms with Gasteiger partial charge in [-0.05, 0) is 30.9 Å². The fraction of sp³-hybridized carbons (Fsp3) is 0.375. The number of hydrogen-bond acceptors (Lipinski definition) is 4. The van der Waals surface area contributed by atoms with Gasteiger partial charge in [0, 0.05) is 31.5 Å². The highest BCUT2D eigenvalue weighted by atomic mass is 16.5. The molecule has 2 aliphatic rings. The predicted molar refractivity (Wildman–Crippen MR) is 78.4 cm³/mol. The highest BCUT2D eigenvalue weighted by Gasteiger charge is 2.33. The second-order valence-corrected chi connectivity index (χ2v) is 5.36. The maximum absolute atomic E-state index is 12.3. The van der Waals surface area contributed by atoms with Crippen LogP contribution < -0.4 is 5.32 Å². The Morgan fingerprint density at radius 3 is 2.57 bits per heavy atom. The minimum absolute atomic E-state index is 0.232. The molecule has 0 aliphatic carbocycles.